The molecule has 1 aromatic rings. The van der Waals surface area contributed by atoms with Crippen LogP contribution in [0.1, 0.15) is 32.3 Å². The summed E-state index contributed by atoms with van der Waals surface area (Å²) >= 11 is 0. The SMILES string of the molecule is CC(C)NCC1(Cc2c(F)cccc2F)CC1. The van der Waals surface area contributed by atoms with E-state index < -0.39 is 11.6 Å². The molecule has 3 heteroatoms. The van der Waals surface area contributed by atoms with Gasteiger partial charge in [0.05, 0.1) is 0 Å². The molecule has 1 N–H and O–H groups in total. The average Bonchev–Trinajstić information content (AvgIpc) is 3.02. The zero-order chi connectivity index (χ0) is 12.5. The molecule has 17 heavy (non-hydrogen) atoms. The van der Waals surface area contributed by atoms with Crippen molar-refractivity contribution in [2.75, 3.05) is 6.54 Å². The normalized spacial score (nSPS) is 17.5. The van der Waals surface area contributed by atoms with E-state index in [2.05, 4.69) is 19.2 Å². The van der Waals surface area contributed by atoms with Gasteiger partial charge in [-0.25, -0.2) is 8.78 Å². The average molecular weight is 239 g/mol. The van der Waals surface area contributed by atoms with Gasteiger partial charge in [-0.2, -0.15) is 0 Å². The fraction of sp³-hybridized carbons (Fsp3) is 0.571. The molecule has 1 saturated carbocycles. The Bertz CT molecular complexity index is 377. The van der Waals surface area contributed by atoms with Crippen molar-refractivity contribution in [1.29, 1.82) is 0 Å². The minimum Gasteiger partial charge on any atom is -0.314 e. The van der Waals surface area contributed by atoms with Crippen molar-refractivity contribution < 1.29 is 8.78 Å². The van der Waals surface area contributed by atoms with Crippen LogP contribution in [0.15, 0.2) is 18.2 Å². The lowest BCUT2D eigenvalue weighted by Gasteiger charge is -2.18. The number of nitrogens with one attached hydrogen (secondary N) is 1. The highest BCUT2D eigenvalue weighted by Gasteiger charge is 2.43. The number of hydrogen-bond acceptors (Lipinski definition) is 1. The summed E-state index contributed by atoms with van der Waals surface area (Å²) in [6, 6.07) is 4.51. The summed E-state index contributed by atoms with van der Waals surface area (Å²) in [7, 11) is 0. The maximum Gasteiger partial charge on any atom is 0.129 e. The van der Waals surface area contributed by atoms with Crippen molar-refractivity contribution in [2.24, 2.45) is 5.41 Å². The second-order valence-corrected chi connectivity index (χ2v) is 5.41. The fourth-order valence-corrected chi connectivity index (χ4v) is 2.09. The van der Waals surface area contributed by atoms with E-state index in [0.29, 0.717) is 12.5 Å². The third-order valence-corrected chi connectivity index (χ3v) is 3.46. The fourth-order valence-electron chi connectivity index (χ4n) is 2.09. The summed E-state index contributed by atoms with van der Waals surface area (Å²) in [5, 5.41) is 3.36. The maximum atomic E-state index is 13.5. The molecule has 1 fully saturated rings. The largest absolute Gasteiger partial charge is 0.314 e. The van der Waals surface area contributed by atoms with Gasteiger partial charge >= 0.3 is 0 Å². The van der Waals surface area contributed by atoms with Gasteiger partial charge in [-0.3, -0.25) is 0 Å². The second kappa shape index (κ2) is 4.73. The molecule has 0 aliphatic heterocycles. The Hall–Kier alpha value is -0.960. The molecule has 2 rings (SSSR count). The first-order valence-corrected chi connectivity index (χ1v) is 6.19. The molecule has 0 amide bonds. The highest BCUT2D eigenvalue weighted by Crippen LogP contribution is 2.48. The molecule has 94 valence electrons. The second-order valence-electron chi connectivity index (χ2n) is 5.41. The lowest BCUT2D eigenvalue weighted by molar-refractivity contribution is 0.413. The van der Waals surface area contributed by atoms with Crippen LogP contribution in [0.5, 0.6) is 0 Å². The molecular formula is C14H19F2N. The summed E-state index contributed by atoms with van der Waals surface area (Å²) in [6.07, 6.45) is 2.62. The zero-order valence-electron chi connectivity index (χ0n) is 10.4. The summed E-state index contributed by atoms with van der Waals surface area (Å²) in [4.78, 5) is 0. The Balaban J connectivity index is 2.05. The van der Waals surface area contributed by atoms with Crippen molar-refractivity contribution in [3.63, 3.8) is 0 Å². The van der Waals surface area contributed by atoms with Crippen LogP contribution in [0.4, 0.5) is 8.78 Å². The van der Waals surface area contributed by atoms with Crippen molar-refractivity contribution in [3.05, 3.63) is 35.4 Å². The van der Waals surface area contributed by atoms with Crippen LogP contribution in [0.3, 0.4) is 0 Å². The van der Waals surface area contributed by atoms with E-state index in [1.165, 1.54) is 18.2 Å². The van der Waals surface area contributed by atoms with Crippen LogP contribution in [0.2, 0.25) is 0 Å². The van der Waals surface area contributed by atoms with Gasteiger partial charge in [0, 0.05) is 18.2 Å². The molecule has 0 saturated heterocycles. The van der Waals surface area contributed by atoms with E-state index in [9.17, 15) is 8.78 Å². The van der Waals surface area contributed by atoms with Gasteiger partial charge in [-0.15, -0.1) is 0 Å². The summed E-state index contributed by atoms with van der Waals surface area (Å²) in [5.74, 6) is -0.832. The number of rotatable bonds is 5. The molecule has 0 atom stereocenters. The summed E-state index contributed by atoms with van der Waals surface area (Å²) in [6.45, 7) is 5.01. The van der Waals surface area contributed by atoms with E-state index in [-0.39, 0.29) is 11.0 Å². The molecule has 0 unspecified atom stereocenters. The Labute approximate surface area is 101 Å². The molecule has 1 nitrogen and oxygen atoms in total. The third kappa shape index (κ3) is 3.03. The van der Waals surface area contributed by atoms with Gasteiger partial charge in [0.1, 0.15) is 11.6 Å². The third-order valence-electron chi connectivity index (χ3n) is 3.46. The highest BCUT2D eigenvalue weighted by atomic mass is 19.1. The number of hydrogen-bond donors (Lipinski definition) is 1. The Morgan fingerprint density at radius 1 is 1.24 bits per heavy atom. The lowest BCUT2D eigenvalue weighted by atomic mass is 9.95. The van der Waals surface area contributed by atoms with Crippen molar-refractivity contribution in [2.45, 2.75) is 39.2 Å². The van der Waals surface area contributed by atoms with Gasteiger partial charge < -0.3 is 5.32 Å². The predicted molar refractivity (Wildman–Crippen MR) is 64.9 cm³/mol. The van der Waals surface area contributed by atoms with Gasteiger partial charge in [0.2, 0.25) is 0 Å². The zero-order valence-corrected chi connectivity index (χ0v) is 10.4. The van der Waals surface area contributed by atoms with E-state index in [1.54, 1.807) is 0 Å². The van der Waals surface area contributed by atoms with Crippen LogP contribution in [0.25, 0.3) is 0 Å². The van der Waals surface area contributed by atoms with Crippen LogP contribution in [-0.4, -0.2) is 12.6 Å². The Morgan fingerprint density at radius 2 is 1.82 bits per heavy atom. The van der Waals surface area contributed by atoms with Crippen molar-refractivity contribution in [1.82, 2.24) is 5.32 Å². The van der Waals surface area contributed by atoms with Gasteiger partial charge in [0.15, 0.2) is 0 Å². The first-order chi connectivity index (χ1) is 8.02. The first-order valence-electron chi connectivity index (χ1n) is 6.19. The maximum absolute atomic E-state index is 13.5. The molecule has 0 heterocycles. The summed E-state index contributed by atoms with van der Waals surface area (Å²) in [5.41, 5.74) is 0.323. The minimum atomic E-state index is -0.416. The Kier molecular flexibility index (Phi) is 3.48. The topological polar surface area (TPSA) is 12.0 Å². The number of benzene rings is 1. The standard InChI is InChI=1S/C14H19F2N/c1-10(2)17-9-14(6-7-14)8-11-12(15)4-3-5-13(11)16/h3-5,10,17H,6-9H2,1-2H3. The Morgan fingerprint density at radius 3 is 2.29 bits per heavy atom. The molecule has 0 radical (unpaired) electrons. The van der Waals surface area contributed by atoms with E-state index in [1.807, 2.05) is 0 Å². The first kappa shape index (κ1) is 12.5. The molecular weight excluding hydrogens is 220 g/mol. The van der Waals surface area contributed by atoms with Crippen LogP contribution in [-0.2, 0) is 6.42 Å². The van der Waals surface area contributed by atoms with Crippen LogP contribution in [0, 0.1) is 17.0 Å². The molecule has 0 bridgehead atoms. The van der Waals surface area contributed by atoms with Crippen LogP contribution >= 0.6 is 0 Å². The molecule has 0 aromatic heterocycles. The van der Waals surface area contributed by atoms with Crippen molar-refractivity contribution >= 4 is 0 Å². The smallest absolute Gasteiger partial charge is 0.129 e. The quantitative estimate of drug-likeness (QED) is 0.831. The number of halogens is 2. The van der Waals surface area contributed by atoms with E-state index in [4.69, 9.17) is 0 Å². The van der Waals surface area contributed by atoms with E-state index in [0.717, 1.165) is 19.4 Å². The molecule has 0 spiro atoms. The molecule has 1 aliphatic rings. The highest BCUT2D eigenvalue weighted by molar-refractivity contribution is 5.23. The summed E-state index contributed by atoms with van der Waals surface area (Å²) < 4.78 is 27.1. The minimum absolute atomic E-state index is 0.0767. The van der Waals surface area contributed by atoms with Gasteiger partial charge in [0.25, 0.3) is 0 Å². The monoisotopic (exact) mass is 239 g/mol. The molecule has 1 aliphatic carbocycles. The predicted octanol–water partition coefficient (Wildman–Crippen LogP) is 3.29. The van der Waals surface area contributed by atoms with Crippen LogP contribution < -0.4 is 5.32 Å². The van der Waals surface area contributed by atoms with Crippen molar-refractivity contribution in [3.8, 4) is 0 Å². The van der Waals surface area contributed by atoms with Gasteiger partial charge in [-0.1, -0.05) is 19.9 Å². The van der Waals surface area contributed by atoms with E-state index >= 15 is 0 Å². The lowest BCUT2D eigenvalue weighted by Crippen LogP contribution is -2.31. The molecule has 1 aromatic carbocycles. The van der Waals surface area contributed by atoms with Gasteiger partial charge in [-0.05, 0) is 36.8 Å².